The van der Waals surface area contributed by atoms with Crippen LogP contribution in [0.2, 0.25) is 0 Å². The summed E-state index contributed by atoms with van der Waals surface area (Å²) in [5.41, 5.74) is 5.14. The third kappa shape index (κ3) is 4.52. The molecular formula is C28H34N6. The summed E-state index contributed by atoms with van der Waals surface area (Å²) in [5.74, 6) is 0.784. The van der Waals surface area contributed by atoms with Crippen LogP contribution in [0.1, 0.15) is 42.9 Å². The fourth-order valence-corrected chi connectivity index (χ4v) is 5.99. The van der Waals surface area contributed by atoms with Crippen LogP contribution in [0.3, 0.4) is 0 Å². The van der Waals surface area contributed by atoms with Gasteiger partial charge < -0.3 is 9.88 Å². The minimum atomic E-state index is 0.606. The Morgan fingerprint density at radius 2 is 1.94 bits per heavy atom. The molecule has 0 bridgehead atoms. The van der Waals surface area contributed by atoms with Crippen LogP contribution in [0.5, 0.6) is 0 Å². The van der Waals surface area contributed by atoms with Crippen molar-refractivity contribution in [2.24, 2.45) is 5.92 Å². The smallest absolute Gasteiger partial charge is 0.138 e. The van der Waals surface area contributed by atoms with Crippen LogP contribution in [-0.2, 0) is 6.42 Å². The molecule has 2 atom stereocenters. The maximum absolute atomic E-state index is 4.28. The molecule has 4 heterocycles. The summed E-state index contributed by atoms with van der Waals surface area (Å²) >= 11 is 0. The van der Waals surface area contributed by atoms with Crippen LogP contribution in [0.25, 0.3) is 16.6 Å². The normalized spacial score (nSPS) is 22.0. The largest absolute Gasteiger partial charge is 0.361 e. The number of H-pyrrole nitrogens is 1. The van der Waals surface area contributed by atoms with E-state index in [1.54, 1.807) is 12.7 Å². The first kappa shape index (κ1) is 21.6. The van der Waals surface area contributed by atoms with E-state index in [4.69, 9.17) is 0 Å². The van der Waals surface area contributed by atoms with Gasteiger partial charge in [-0.25, -0.2) is 9.67 Å². The van der Waals surface area contributed by atoms with Crippen molar-refractivity contribution < 1.29 is 0 Å². The lowest BCUT2D eigenvalue weighted by atomic mass is 9.94. The average Bonchev–Trinajstić information content (AvgIpc) is 3.65. The Morgan fingerprint density at radius 1 is 1.00 bits per heavy atom. The van der Waals surface area contributed by atoms with Crippen molar-refractivity contribution in [3.8, 4) is 5.69 Å². The molecule has 1 N–H and O–H groups in total. The fraction of sp³-hybridized carbons (Fsp3) is 0.429. The van der Waals surface area contributed by atoms with Crippen LogP contribution in [0.15, 0.2) is 67.4 Å². The number of likely N-dealkylation sites (tertiary alicyclic amines) is 2. The molecule has 2 saturated heterocycles. The predicted octanol–water partition coefficient (Wildman–Crippen LogP) is 4.84. The van der Waals surface area contributed by atoms with Gasteiger partial charge in [-0.05, 0) is 74.0 Å². The van der Waals surface area contributed by atoms with Gasteiger partial charge in [0.2, 0.25) is 0 Å². The Hall–Kier alpha value is -2.96. The molecule has 2 aromatic heterocycles. The standard InChI is InChI=1S/C28H34N6/c1-2-6-23(7-3-1)28-8-4-5-13-33(28)19-22-11-14-32(18-22)15-12-24-17-30-27-10-9-25(16-26(24)27)34-21-29-20-31-34/h1-3,6-7,9-10,16-17,20-22,28,30H,4-5,8,11-15,18-19H2/t22-,28-/m1/s1. The van der Waals surface area contributed by atoms with Crippen molar-refractivity contribution in [2.75, 3.05) is 32.7 Å². The molecule has 6 heteroatoms. The fourth-order valence-electron chi connectivity index (χ4n) is 5.99. The molecule has 0 unspecified atom stereocenters. The van der Waals surface area contributed by atoms with E-state index in [1.807, 2.05) is 4.68 Å². The molecule has 34 heavy (non-hydrogen) atoms. The summed E-state index contributed by atoms with van der Waals surface area (Å²) in [7, 11) is 0. The van der Waals surface area contributed by atoms with Gasteiger partial charge in [-0.1, -0.05) is 36.8 Å². The third-order valence-electron chi connectivity index (χ3n) is 7.79. The van der Waals surface area contributed by atoms with E-state index in [-0.39, 0.29) is 0 Å². The van der Waals surface area contributed by atoms with Gasteiger partial charge in [-0.2, -0.15) is 5.10 Å². The Morgan fingerprint density at radius 3 is 2.82 bits per heavy atom. The van der Waals surface area contributed by atoms with Gasteiger partial charge in [0.1, 0.15) is 12.7 Å². The summed E-state index contributed by atoms with van der Waals surface area (Å²) in [6.07, 6.45) is 11.9. The Balaban J connectivity index is 1.07. The topological polar surface area (TPSA) is 53.0 Å². The van der Waals surface area contributed by atoms with Gasteiger partial charge in [0.05, 0.1) is 5.69 Å². The van der Waals surface area contributed by atoms with Gasteiger partial charge in [0, 0.05) is 42.8 Å². The number of nitrogens with zero attached hydrogens (tertiary/aromatic N) is 5. The first-order chi connectivity index (χ1) is 16.8. The second kappa shape index (κ2) is 9.72. The van der Waals surface area contributed by atoms with Crippen LogP contribution in [-0.4, -0.2) is 62.3 Å². The number of hydrogen-bond acceptors (Lipinski definition) is 4. The maximum atomic E-state index is 4.28. The van der Waals surface area contributed by atoms with Crippen LogP contribution >= 0.6 is 0 Å². The van der Waals surface area contributed by atoms with Crippen LogP contribution < -0.4 is 0 Å². The first-order valence-corrected chi connectivity index (χ1v) is 12.8. The zero-order valence-electron chi connectivity index (χ0n) is 19.8. The SMILES string of the molecule is c1ccc([C@H]2CCCCN2C[C@@H]2CCN(CCc3c[nH]c4ccc(-n5cncn5)cc34)C2)cc1. The summed E-state index contributed by atoms with van der Waals surface area (Å²) in [6.45, 7) is 6.06. The van der Waals surface area contributed by atoms with Gasteiger partial charge in [0.15, 0.2) is 0 Å². The number of hydrogen-bond donors (Lipinski definition) is 1. The van der Waals surface area contributed by atoms with E-state index in [0.717, 1.165) is 24.6 Å². The van der Waals surface area contributed by atoms with Gasteiger partial charge in [-0.15, -0.1) is 0 Å². The highest BCUT2D eigenvalue weighted by Gasteiger charge is 2.29. The van der Waals surface area contributed by atoms with Crippen LogP contribution in [0, 0.1) is 5.92 Å². The molecule has 0 aliphatic carbocycles. The van der Waals surface area contributed by atoms with E-state index < -0.39 is 0 Å². The van der Waals surface area contributed by atoms with E-state index >= 15 is 0 Å². The van der Waals surface area contributed by atoms with Crippen molar-refractivity contribution in [3.05, 3.63) is 78.5 Å². The number of aromatic amines is 1. The molecule has 0 spiro atoms. The lowest BCUT2D eigenvalue weighted by Gasteiger charge is -2.37. The zero-order valence-corrected chi connectivity index (χ0v) is 19.8. The number of piperidine rings is 1. The Kier molecular flexibility index (Phi) is 6.17. The molecule has 6 nitrogen and oxygen atoms in total. The first-order valence-electron chi connectivity index (χ1n) is 12.8. The summed E-state index contributed by atoms with van der Waals surface area (Å²) < 4.78 is 1.82. The van der Waals surface area contributed by atoms with Crippen LogP contribution in [0.4, 0.5) is 0 Å². The van der Waals surface area contributed by atoms with Crippen molar-refractivity contribution in [1.29, 1.82) is 0 Å². The summed E-state index contributed by atoms with van der Waals surface area (Å²) in [6, 6.07) is 18.2. The molecule has 0 saturated carbocycles. The monoisotopic (exact) mass is 454 g/mol. The molecule has 6 rings (SSSR count). The number of benzene rings is 2. The average molecular weight is 455 g/mol. The number of nitrogens with one attached hydrogen (secondary N) is 1. The lowest BCUT2D eigenvalue weighted by molar-refractivity contribution is 0.125. The molecule has 2 aliphatic heterocycles. The number of rotatable bonds is 7. The van der Waals surface area contributed by atoms with Crippen molar-refractivity contribution in [3.63, 3.8) is 0 Å². The number of fused-ring (bicyclic) bond motifs is 1. The zero-order chi connectivity index (χ0) is 22.7. The molecule has 0 radical (unpaired) electrons. The summed E-state index contributed by atoms with van der Waals surface area (Å²) in [5, 5.41) is 5.57. The highest BCUT2D eigenvalue weighted by atomic mass is 15.3. The van der Waals surface area contributed by atoms with E-state index in [2.05, 4.69) is 79.6 Å². The van der Waals surface area contributed by atoms with E-state index in [9.17, 15) is 0 Å². The predicted molar refractivity (Wildman–Crippen MR) is 136 cm³/mol. The van der Waals surface area contributed by atoms with E-state index in [1.165, 1.54) is 73.9 Å². The van der Waals surface area contributed by atoms with Crippen molar-refractivity contribution >= 4 is 10.9 Å². The Labute approximate surface area is 201 Å². The molecule has 176 valence electrons. The quantitative estimate of drug-likeness (QED) is 0.434. The van der Waals surface area contributed by atoms with Gasteiger partial charge in [0.25, 0.3) is 0 Å². The van der Waals surface area contributed by atoms with E-state index in [0.29, 0.717) is 6.04 Å². The molecular weight excluding hydrogens is 420 g/mol. The molecule has 0 amide bonds. The number of aromatic nitrogens is 4. The highest BCUT2D eigenvalue weighted by Crippen LogP contribution is 2.32. The van der Waals surface area contributed by atoms with Crippen molar-refractivity contribution in [2.45, 2.75) is 38.1 Å². The Bertz CT molecular complexity index is 1200. The van der Waals surface area contributed by atoms with Gasteiger partial charge in [-0.3, -0.25) is 4.90 Å². The third-order valence-corrected chi connectivity index (χ3v) is 7.79. The summed E-state index contributed by atoms with van der Waals surface area (Å²) in [4.78, 5) is 13.0. The molecule has 2 fully saturated rings. The van der Waals surface area contributed by atoms with Crippen molar-refractivity contribution in [1.82, 2.24) is 29.5 Å². The second-order valence-corrected chi connectivity index (χ2v) is 10.0. The second-order valence-electron chi connectivity index (χ2n) is 10.0. The molecule has 2 aromatic carbocycles. The lowest BCUT2D eigenvalue weighted by Crippen LogP contribution is -2.38. The van der Waals surface area contributed by atoms with Gasteiger partial charge >= 0.3 is 0 Å². The minimum absolute atomic E-state index is 0.606. The minimum Gasteiger partial charge on any atom is -0.361 e. The highest BCUT2D eigenvalue weighted by molar-refractivity contribution is 5.85. The molecule has 4 aromatic rings. The maximum Gasteiger partial charge on any atom is 0.138 e. The molecule has 2 aliphatic rings.